The van der Waals surface area contributed by atoms with Crippen molar-refractivity contribution in [3.8, 4) is 0 Å². The highest BCUT2D eigenvalue weighted by molar-refractivity contribution is 5.98. The summed E-state index contributed by atoms with van der Waals surface area (Å²) in [6.07, 6.45) is 2.73. The standard InChI is InChI=1S/C15H24N4O2/c1-3-6-16-14-13(5-4-7-17-14)15(20)18-10-12-11-19(2)8-9-21-12/h4-5,7,12H,3,6,8-11H2,1-2H3,(H,16,17)(H,18,20). The van der Waals surface area contributed by atoms with Crippen LogP contribution in [0.25, 0.3) is 0 Å². The van der Waals surface area contributed by atoms with Gasteiger partial charge in [-0.15, -0.1) is 0 Å². The molecular formula is C15H24N4O2. The Bertz CT molecular complexity index is 467. The molecule has 0 saturated carbocycles. The molecule has 1 fully saturated rings. The van der Waals surface area contributed by atoms with E-state index in [-0.39, 0.29) is 12.0 Å². The number of rotatable bonds is 6. The van der Waals surface area contributed by atoms with Crippen LogP contribution in [0.1, 0.15) is 23.7 Å². The fraction of sp³-hybridized carbons (Fsp3) is 0.600. The number of pyridine rings is 1. The minimum absolute atomic E-state index is 0.0522. The van der Waals surface area contributed by atoms with Gasteiger partial charge in [0.15, 0.2) is 0 Å². The van der Waals surface area contributed by atoms with E-state index in [9.17, 15) is 4.79 Å². The van der Waals surface area contributed by atoms with E-state index in [1.165, 1.54) is 0 Å². The number of carbonyl (C=O) groups is 1. The number of hydrogen-bond acceptors (Lipinski definition) is 5. The van der Waals surface area contributed by atoms with Gasteiger partial charge in [0.25, 0.3) is 5.91 Å². The number of ether oxygens (including phenoxy) is 1. The van der Waals surface area contributed by atoms with Crippen molar-refractivity contribution < 1.29 is 9.53 Å². The Balaban J connectivity index is 1.90. The predicted octanol–water partition coefficient (Wildman–Crippen LogP) is 0.964. The second-order valence-electron chi connectivity index (χ2n) is 5.29. The summed E-state index contributed by atoms with van der Waals surface area (Å²) in [5.74, 6) is 0.525. The number of anilines is 1. The molecule has 1 saturated heterocycles. The smallest absolute Gasteiger partial charge is 0.255 e. The SMILES string of the molecule is CCCNc1ncccc1C(=O)NCC1CN(C)CCO1. The summed E-state index contributed by atoms with van der Waals surface area (Å²) < 4.78 is 5.64. The number of morpholine rings is 1. The van der Waals surface area contributed by atoms with Gasteiger partial charge in [0.2, 0.25) is 0 Å². The highest BCUT2D eigenvalue weighted by Gasteiger charge is 2.19. The second-order valence-corrected chi connectivity index (χ2v) is 5.29. The van der Waals surface area contributed by atoms with E-state index in [2.05, 4.69) is 34.5 Å². The van der Waals surface area contributed by atoms with Gasteiger partial charge in [-0.25, -0.2) is 4.98 Å². The molecular weight excluding hydrogens is 268 g/mol. The molecule has 2 N–H and O–H groups in total. The predicted molar refractivity (Wildman–Crippen MR) is 82.6 cm³/mol. The fourth-order valence-corrected chi connectivity index (χ4v) is 2.26. The van der Waals surface area contributed by atoms with Crippen molar-refractivity contribution in [2.24, 2.45) is 0 Å². The molecule has 0 bridgehead atoms. The lowest BCUT2D eigenvalue weighted by molar-refractivity contribution is -0.0175. The first-order valence-corrected chi connectivity index (χ1v) is 7.48. The van der Waals surface area contributed by atoms with Gasteiger partial charge in [0, 0.05) is 32.4 Å². The van der Waals surface area contributed by atoms with Crippen molar-refractivity contribution in [3.63, 3.8) is 0 Å². The Morgan fingerprint density at radius 1 is 1.57 bits per heavy atom. The quantitative estimate of drug-likeness (QED) is 0.817. The lowest BCUT2D eigenvalue weighted by Crippen LogP contribution is -2.46. The van der Waals surface area contributed by atoms with Gasteiger partial charge in [0.05, 0.1) is 18.3 Å². The van der Waals surface area contributed by atoms with Crippen molar-refractivity contribution in [2.45, 2.75) is 19.4 Å². The molecule has 6 heteroatoms. The molecule has 1 aliphatic heterocycles. The second kappa shape index (κ2) is 7.95. The summed E-state index contributed by atoms with van der Waals surface area (Å²) in [5, 5.41) is 6.11. The van der Waals surface area contributed by atoms with Crippen molar-refractivity contribution in [3.05, 3.63) is 23.9 Å². The molecule has 0 spiro atoms. The van der Waals surface area contributed by atoms with Crippen molar-refractivity contribution >= 4 is 11.7 Å². The minimum Gasteiger partial charge on any atom is -0.374 e. The van der Waals surface area contributed by atoms with Crippen LogP contribution in [0.15, 0.2) is 18.3 Å². The average molecular weight is 292 g/mol. The van der Waals surface area contributed by atoms with Gasteiger partial charge in [0.1, 0.15) is 5.82 Å². The van der Waals surface area contributed by atoms with Gasteiger partial charge >= 0.3 is 0 Å². The largest absolute Gasteiger partial charge is 0.374 e. The molecule has 1 unspecified atom stereocenters. The fourth-order valence-electron chi connectivity index (χ4n) is 2.26. The molecule has 6 nitrogen and oxygen atoms in total. The van der Waals surface area contributed by atoms with Gasteiger partial charge in [-0.05, 0) is 25.6 Å². The van der Waals surface area contributed by atoms with Crippen LogP contribution in [0.4, 0.5) is 5.82 Å². The van der Waals surface area contributed by atoms with Gasteiger partial charge < -0.3 is 20.3 Å². The zero-order chi connectivity index (χ0) is 15.1. The Hall–Kier alpha value is -1.66. The molecule has 2 rings (SSSR count). The normalized spacial score (nSPS) is 19.2. The van der Waals surface area contributed by atoms with Crippen LogP contribution in [0.3, 0.4) is 0 Å². The summed E-state index contributed by atoms with van der Waals surface area (Å²) in [6, 6.07) is 3.56. The van der Waals surface area contributed by atoms with Crippen molar-refractivity contribution in [1.29, 1.82) is 0 Å². The van der Waals surface area contributed by atoms with E-state index in [1.54, 1.807) is 18.3 Å². The molecule has 2 heterocycles. The molecule has 1 aromatic heterocycles. The topological polar surface area (TPSA) is 66.5 Å². The van der Waals surface area contributed by atoms with Gasteiger partial charge in [-0.3, -0.25) is 4.79 Å². The molecule has 116 valence electrons. The Labute approximate surface area is 125 Å². The third-order valence-corrected chi connectivity index (χ3v) is 3.43. The van der Waals surface area contributed by atoms with Crippen LogP contribution in [-0.2, 0) is 4.74 Å². The van der Waals surface area contributed by atoms with Crippen LogP contribution in [-0.4, -0.2) is 61.7 Å². The maximum absolute atomic E-state index is 12.3. The van der Waals surface area contributed by atoms with E-state index in [0.717, 1.165) is 26.1 Å². The number of aromatic nitrogens is 1. The summed E-state index contributed by atoms with van der Waals surface area (Å²) in [7, 11) is 2.06. The summed E-state index contributed by atoms with van der Waals surface area (Å²) in [6.45, 7) is 5.89. The first kappa shape index (κ1) is 15.7. The Kier molecular flexibility index (Phi) is 5.95. The maximum Gasteiger partial charge on any atom is 0.255 e. The van der Waals surface area contributed by atoms with Crippen LogP contribution < -0.4 is 10.6 Å². The number of likely N-dealkylation sites (N-methyl/N-ethyl adjacent to an activating group) is 1. The third-order valence-electron chi connectivity index (χ3n) is 3.43. The zero-order valence-electron chi connectivity index (χ0n) is 12.8. The molecule has 1 amide bonds. The van der Waals surface area contributed by atoms with Crippen LogP contribution in [0.2, 0.25) is 0 Å². The molecule has 1 atom stereocenters. The summed E-state index contributed by atoms with van der Waals surface area (Å²) in [5.41, 5.74) is 0.579. The number of nitrogens with one attached hydrogen (secondary N) is 2. The van der Waals surface area contributed by atoms with Crippen molar-refractivity contribution in [2.75, 3.05) is 45.2 Å². The highest BCUT2D eigenvalue weighted by atomic mass is 16.5. The zero-order valence-corrected chi connectivity index (χ0v) is 12.8. The van der Waals surface area contributed by atoms with E-state index >= 15 is 0 Å². The van der Waals surface area contributed by atoms with E-state index in [0.29, 0.717) is 24.5 Å². The van der Waals surface area contributed by atoms with Gasteiger partial charge in [-0.2, -0.15) is 0 Å². The number of nitrogens with zero attached hydrogens (tertiary/aromatic N) is 2. The molecule has 21 heavy (non-hydrogen) atoms. The van der Waals surface area contributed by atoms with Crippen LogP contribution in [0, 0.1) is 0 Å². The number of hydrogen-bond donors (Lipinski definition) is 2. The Morgan fingerprint density at radius 2 is 2.43 bits per heavy atom. The average Bonchev–Trinajstić information content (AvgIpc) is 2.51. The number of amides is 1. The number of carbonyl (C=O) groups excluding carboxylic acids is 1. The van der Waals surface area contributed by atoms with Crippen molar-refractivity contribution in [1.82, 2.24) is 15.2 Å². The van der Waals surface area contributed by atoms with Gasteiger partial charge in [-0.1, -0.05) is 6.92 Å². The Morgan fingerprint density at radius 3 is 3.19 bits per heavy atom. The third kappa shape index (κ3) is 4.68. The lowest BCUT2D eigenvalue weighted by atomic mass is 10.2. The molecule has 0 radical (unpaired) electrons. The lowest BCUT2D eigenvalue weighted by Gasteiger charge is -2.30. The molecule has 1 aromatic rings. The summed E-state index contributed by atoms with van der Waals surface area (Å²) in [4.78, 5) is 18.7. The van der Waals surface area contributed by atoms with E-state index in [4.69, 9.17) is 4.74 Å². The molecule has 0 aromatic carbocycles. The van der Waals surface area contributed by atoms with Crippen LogP contribution in [0.5, 0.6) is 0 Å². The maximum atomic E-state index is 12.3. The molecule has 1 aliphatic rings. The van der Waals surface area contributed by atoms with E-state index in [1.807, 2.05) is 0 Å². The van der Waals surface area contributed by atoms with Crippen LogP contribution >= 0.6 is 0 Å². The first-order valence-electron chi connectivity index (χ1n) is 7.48. The first-order chi connectivity index (χ1) is 10.2. The summed E-state index contributed by atoms with van der Waals surface area (Å²) >= 11 is 0. The molecule has 0 aliphatic carbocycles. The highest BCUT2D eigenvalue weighted by Crippen LogP contribution is 2.11. The monoisotopic (exact) mass is 292 g/mol. The van der Waals surface area contributed by atoms with E-state index < -0.39 is 0 Å². The minimum atomic E-state index is -0.112.